The quantitative estimate of drug-likeness (QED) is 0.541. The lowest BCUT2D eigenvalue weighted by Gasteiger charge is -2.20. The Morgan fingerprint density at radius 1 is 1.56 bits per heavy atom. The number of halogens is 1. The summed E-state index contributed by atoms with van der Waals surface area (Å²) in [7, 11) is 0. The summed E-state index contributed by atoms with van der Waals surface area (Å²) in [6, 6.07) is 4.76. The van der Waals surface area contributed by atoms with Gasteiger partial charge in [-0.3, -0.25) is 10.1 Å². The summed E-state index contributed by atoms with van der Waals surface area (Å²) in [5.74, 6) is 0. The van der Waals surface area contributed by atoms with Crippen LogP contribution in [0.3, 0.4) is 0 Å². The van der Waals surface area contributed by atoms with Gasteiger partial charge in [0, 0.05) is 19.2 Å². The maximum atomic E-state index is 10.7. The van der Waals surface area contributed by atoms with Crippen LogP contribution in [0.25, 0.3) is 0 Å². The molecule has 6 nitrogen and oxygen atoms in total. The zero-order chi connectivity index (χ0) is 13.8. The Kier molecular flexibility index (Phi) is 5.21. The Hall–Kier alpha value is -1.02. The van der Waals surface area contributed by atoms with Crippen molar-refractivity contribution in [2.75, 3.05) is 13.2 Å². The molecule has 0 aliphatic rings. The normalized spacial score (nSPS) is 14.2. The molecular weight excluding hydrogens is 304 g/mol. The maximum Gasteiger partial charge on any atom is 0.283 e. The van der Waals surface area contributed by atoms with Crippen LogP contribution in [0.5, 0.6) is 0 Å². The number of nitro groups is 1. The van der Waals surface area contributed by atoms with E-state index in [2.05, 4.69) is 21.2 Å². The standard InChI is InChI=1S/C11H15BrN2O4/c1-11(16,7-15)6-13-5-8-3-2-4-9(10(8)12)14(17)18/h2-4,13,15-16H,5-7H2,1H3. The second kappa shape index (κ2) is 6.24. The fourth-order valence-corrected chi connectivity index (χ4v) is 1.92. The van der Waals surface area contributed by atoms with Gasteiger partial charge in [-0.15, -0.1) is 0 Å². The first-order valence-electron chi connectivity index (χ1n) is 5.33. The van der Waals surface area contributed by atoms with E-state index in [9.17, 15) is 15.2 Å². The monoisotopic (exact) mass is 318 g/mol. The summed E-state index contributed by atoms with van der Waals surface area (Å²) < 4.78 is 0.422. The van der Waals surface area contributed by atoms with Crippen LogP contribution in [0.4, 0.5) is 5.69 Å². The van der Waals surface area contributed by atoms with Crippen molar-refractivity contribution < 1.29 is 15.1 Å². The molecule has 0 aliphatic carbocycles. The van der Waals surface area contributed by atoms with Crippen LogP contribution in [-0.4, -0.2) is 33.9 Å². The second-order valence-corrected chi connectivity index (χ2v) is 5.06. The van der Waals surface area contributed by atoms with Crippen LogP contribution < -0.4 is 5.32 Å². The Morgan fingerprint density at radius 3 is 2.78 bits per heavy atom. The molecule has 0 spiro atoms. The van der Waals surface area contributed by atoms with Crippen LogP contribution >= 0.6 is 15.9 Å². The van der Waals surface area contributed by atoms with E-state index in [1.54, 1.807) is 12.1 Å². The molecule has 0 saturated heterocycles. The van der Waals surface area contributed by atoms with Crippen molar-refractivity contribution in [3.63, 3.8) is 0 Å². The van der Waals surface area contributed by atoms with Gasteiger partial charge in [0.2, 0.25) is 0 Å². The predicted molar refractivity (Wildman–Crippen MR) is 70.2 cm³/mol. The molecule has 0 radical (unpaired) electrons. The van der Waals surface area contributed by atoms with Crippen molar-refractivity contribution >= 4 is 21.6 Å². The van der Waals surface area contributed by atoms with Crippen molar-refractivity contribution in [2.45, 2.75) is 19.1 Å². The van der Waals surface area contributed by atoms with Crippen molar-refractivity contribution in [1.29, 1.82) is 0 Å². The third-order valence-corrected chi connectivity index (χ3v) is 3.33. The highest BCUT2D eigenvalue weighted by Crippen LogP contribution is 2.28. The lowest BCUT2D eigenvalue weighted by Crippen LogP contribution is -2.40. The molecule has 0 aromatic heterocycles. The fraction of sp³-hybridized carbons (Fsp3) is 0.455. The number of nitrogens with zero attached hydrogens (tertiary/aromatic N) is 1. The summed E-state index contributed by atoms with van der Waals surface area (Å²) in [6.45, 7) is 1.70. The van der Waals surface area contributed by atoms with Crippen molar-refractivity contribution in [1.82, 2.24) is 5.32 Å². The molecule has 1 rings (SSSR count). The number of rotatable bonds is 6. The predicted octanol–water partition coefficient (Wildman–Crippen LogP) is 1.19. The van der Waals surface area contributed by atoms with Gasteiger partial charge in [0.25, 0.3) is 5.69 Å². The van der Waals surface area contributed by atoms with Crippen molar-refractivity contribution in [3.05, 3.63) is 38.3 Å². The highest BCUT2D eigenvalue weighted by molar-refractivity contribution is 9.10. The van der Waals surface area contributed by atoms with Gasteiger partial charge < -0.3 is 15.5 Å². The molecule has 7 heteroatoms. The van der Waals surface area contributed by atoms with Crippen LogP contribution in [0.15, 0.2) is 22.7 Å². The minimum absolute atomic E-state index is 0.00298. The topological polar surface area (TPSA) is 95.6 Å². The molecule has 1 atom stereocenters. The largest absolute Gasteiger partial charge is 0.393 e. The molecule has 0 amide bonds. The average Bonchev–Trinajstić information content (AvgIpc) is 2.31. The second-order valence-electron chi connectivity index (χ2n) is 4.27. The Labute approximate surface area is 113 Å². The molecule has 100 valence electrons. The van der Waals surface area contributed by atoms with E-state index in [-0.39, 0.29) is 18.8 Å². The maximum absolute atomic E-state index is 10.7. The molecular formula is C11H15BrN2O4. The number of hydrogen-bond acceptors (Lipinski definition) is 5. The lowest BCUT2D eigenvalue weighted by molar-refractivity contribution is -0.385. The number of nitrogens with one attached hydrogen (secondary N) is 1. The summed E-state index contributed by atoms with van der Waals surface area (Å²) in [5.41, 5.74) is -0.478. The Bertz CT molecular complexity index is 437. The average molecular weight is 319 g/mol. The van der Waals surface area contributed by atoms with Crippen LogP contribution in [-0.2, 0) is 6.54 Å². The molecule has 1 aromatic rings. The summed E-state index contributed by atoms with van der Waals surface area (Å²) in [4.78, 5) is 10.3. The first-order valence-corrected chi connectivity index (χ1v) is 6.12. The minimum atomic E-state index is -1.20. The molecule has 0 fully saturated rings. The molecule has 3 N–H and O–H groups in total. The highest BCUT2D eigenvalue weighted by atomic mass is 79.9. The van der Waals surface area contributed by atoms with Crippen LogP contribution in [0, 0.1) is 10.1 Å². The number of nitro benzene ring substituents is 1. The van der Waals surface area contributed by atoms with E-state index in [0.717, 1.165) is 5.56 Å². The Morgan fingerprint density at radius 2 is 2.22 bits per heavy atom. The minimum Gasteiger partial charge on any atom is -0.393 e. The first kappa shape index (κ1) is 15.0. The highest BCUT2D eigenvalue weighted by Gasteiger charge is 2.19. The van der Waals surface area contributed by atoms with Gasteiger partial charge in [-0.25, -0.2) is 0 Å². The van der Waals surface area contributed by atoms with Crippen LogP contribution in [0.2, 0.25) is 0 Å². The van der Waals surface area contributed by atoms with Crippen molar-refractivity contribution in [3.8, 4) is 0 Å². The molecule has 0 saturated carbocycles. The molecule has 0 bridgehead atoms. The number of aliphatic hydroxyl groups is 2. The molecule has 1 unspecified atom stereocenters. The van der Waals surface area contributed by atoms with Gasteiger partial charge in [0.1, 0.15) is 0 Å². The zero-order valence-corrected chi connectivity index (χ0v) is 11.5. The summed E-state index contributed by atoms with van der Waals surface area (Å²) in [5, 5.41) is 32.1. The molecule has 18 heavy (non-hydrogen) atoms. The van der Waals surface area contributed by atoms with Gasteiger partial charge in [0.05, 0.1) is 21.6 Å². The third-order valence-electron chi connectivity index (χ3n) is 2.42. The molecule has 0 aliphatic heterocycles. The van der Waals surface area contributed by atoms with Crippen LogP contribution in [0.1, 0.15) is 12.5 Å². The van der Waals surface area contributed by atoms with E-state index in [1.165, 1.54) is 13.0 Å². The van der Waals surface area contributed by atoms with Gasteiger partial charge in [-0.2, -0.15) is 0 Å². The van der Waals surface area contributed by atoms with E-state index >= 15 is 0 Å². The zero-order valence-electron chi connectivity index (χ0n) is 9.89. The van der Waals surface area contributed by atoms with Gasteiger partial charge in [0.15, 0.2) is 0 Å². The fourth-order valence-electron chi connectivity index (χ4n) is 1.37. The SMILES string of the molecule is CC(O)(CO)CNCc1cccc([N+](=O)[O-])c1Br. The third kappa shape index (κ3) is 4.02. The van der Waals surface area contributed by atoms with E-state index in [1.807, 2.05) is 0 Å². The molecule has 1 aromatic carbocycles. The number of benzene rings is 1. The Balaban J connectivity index is 2.69. The van der Waals surface area contributed by atoms with E-state index in [0.29, 0.717) is 11.0 Å². The summed E-state index contributed by atoms with van der Waals surface area (Å²) in [6.07, 6.45) is 0. The lowest BCUT2D eigenvalue weighted by atomic mass is 10.1. The summed E-state index contributed by atoms with van der Waals surface area (Å²) >= 11 is 3.19. The number of hydrogen-bond donors (Lipinski definition) is 3. The van der Waals surface area contributed by atoms with E-state index in [4.69, 9.17) is 5.11 Å². The van der Waals surface area contributed by atoms with E-state index < -0.39 is 10.5 Å². The van der Waals surface area contributed by atoms with Gasteiger partial charge in [-0.1, -0.05) is 12.1 Å². The first-order chi connectivity index (χ1) is 8.37. The van der Waals surface area contributed by atoms with Gasteiger partial charge >= 0.3 is 0 Å². The number of aliphatic hydroxyl groups excluding tert-OH is 1. The molecule has 0 heterocycles. The smallest absolute Gasteiger partial charge is 0.283 e. The van der Waals surface area contributed by atoms with Gasteiger partial charge in [-0.05, 0) is 28.4 Å². The van der Waals surface area contributed by atoms with Crippen molar-refractivity contribution in [2.24, 2.45) is 0 Å².